The molecule has 0 aromatic carbocycles. The second-order valence-corrected chi connectivity index (χ2v) is 7.44. The van der Waals surface area contributed by atoms with Gasteiger partial charge < -0.3 is 11.5 Å². The van der Waals surface area contributed by atoms with Crippen LogP contribution in [-0.2, 0) is 6.42 Å². The van der Waals surface area contributed by atoms with Crippen molar-refractivity contribution in [3.63, 3.8) is 0 Å². The van der Waals surface area contributed by atoms with Gasteiger partial charge in [0.2, 0.25) is 5.96 Å². The van der Waals surface area contributed by atoms with E-state index in [0.29, 0.717) is 5.92 Å². The average molecular weight is 348 g/mol. The molecule has 0 fully saturated rings. The van der Waals surface area contributed by atoms with E-state index in [9.17, 15) is 0 Å². The van der Waals surface area contributed by atoms with Crippen LogP contribution in [0, 0.1) is 13.8 Å². The summed E-state index contributed by atoms with van der Waals surface area (Å²) in [5.41, 5.74) is 16.2. The first-order chi connectivity index (χ1) is 11.0. The van der Waals surface area contributed by atoms with Crippen LogP contribution in [-0.4, -0.2) is 16.7 Å². The van der Waals surface area contributed by atoms with Crippen molar-refractivity contribution in [2.24, 2.45) is 21.7 Å². The van der Waals surface area contributed by atoms with Gasteiger partial charge in [-0.15, -0.1) is 16.4 Å². The van der Waals surface area contributed by atoms with E-state index < -0.39 is 0 Å². The summed E-state index contributed by atoms with van der Waals surface area (Å²) in [7, 11) is 0. The summed E-state index contributed by atoms with van der Waals surface area (Å²) in [6.45, 7) is 4.14. The van der Waals surface area contributed by atoms with Gasteiger partial charge in [-0.1, -0.05) is 11.6 Å². The number of fused-ring (bicyclic) bond motifs is 1. The van der Waals surface area contributed by atoms with Crippen molar-refractivity contribution < 1.29 is 0 Å². The van der Waals surface area contributed by atoms with Gasteiger partial charge in [-0.3, -0.25) is 4.98 Å². The zero-order valence-corrected chi connectivity index (χ0v) is 14.6. The molecule has 0 spiro atoms. The number of aryl methyl sites for hydroxylation is 2. The van der Waals surface area contributed by atoms with E-state index in [-0.39, 0.29) is 5.96 Å². The number of halogens is 1. The number of nitrogens with two attached hydrogens (primary N) is 2. The highest BCUT2D eigenvalue weighted by Gasteiger charge is 2.29. The van der Waals surface area contributed by atoms with Crippen molar-refractivity contribution in [3.05, 3.63) is 49.9 Å². The number of aromatic nitrogens is 1. The molecule has 0 radical (unpaired) electrons. The minimum atomic E-state index is -0.0435. The Kier molecular flexibility index (Phi) is 4.37. The quantitative estimate of drug-likeness (QED) is 0.497. The van der Waals surface area contributed by atoms with Crippen LogP contribution in [0.2, 0.25) is 4.34 Å². The lowest BCUT2D eigenvalue weighted by Crippen LogP contribution is -2.24. The van der Waals surface area contributed by atoms with Gasteiger partial charge in [-0.2, -0.15) is 5.10 Å². The highest BCUT2D eigenvalue weighted by molar-refractivity contribution is 7.16. The van der Waals surface area contributed by atoms with Crippen LogP contribution < -0.4 is 11.5 Å². The van der Waals surface area contributed by atoms with Gasteiger partial charge in [0.1, 0.15) is 0 Å². The molecule has 0 saturated heterocycles. The fraction of sp³-hybridized carbons (Fsp3) is 0.312. The monoisotopic (exact) mass is 347 g/mol. The van der Waals surface area contributed by atoms with Crippen molar-refractivity contribution in [2.75, 3.05) is 0 Å². The molecule has 4 N–H and O–H groups in total. The van der Waals surface area contributed by atoms with E-state index in [1.165, 1.54) is 10.4 Å². The van der Waals surface area contributed by atoms with Gasteiger partial charge >= 0.3 is 0 Å². The number of rotatable bonds is 2. The van der Waals surface area contributed by atoms with Crippen molar-refractivity contribution in [3.8, 4) is 0 Å². The van der Waals surface area contributed by atoms with Gasteiger partial charge in [-0.05, 0) is 43.5 Å². The zero-order chi connectivity index (χ0) is 16.6. The minimum Gasteiger partial charge on any atom is -0.369 e. The molecule has 7 heteroatoms. The Morgan fingerprint density at radius 1 is 1.30 bits per heavy atom. The molecular weight excluding hydrogens is 330 g/mol. The number of pyridine rings is 1. The number of thiophene rings is 1. The lowest BCUT2D eigenvalue weighted by atomic mass is 9.82. The molecule has 1 atom stereocenters. The molecule has 120 valence electrons. The van der Waals surface area contributed by atoms with Gasteiger partial charge in [0, 0.05) is 29.0 Å². The SMILES string of the molecule is Cc1cc(Cl)sc1C1CC(=NN=C(N)N)c2c(C)ccnc2C1. The summed E-state index contributed by atoms with van der Waals surface area (Å²) in [5, 5.41) is 8.14. The maximum absolute atomic E-state index is 6.17. The topological polar surface area (TPSA) is 89.6 Å². The maximum Gasteiger partial charge on any atom is 0.211 e. The Bertz CT molecular complexity index is 805. The van der Waals surface area contributed by atoms with Gasteiger partial charge in [0.15, 0.2) is 0 Å². The normalized spacial score (nSPS) is 18.7. The average Bonchev–Trinajstić information content (AvgIpc) is 2.83. The fourth-order valence-electron chi connectivity index (χ4n) is 3.06. The van der Waals surface area contributed by atoms with Gasteiger partial charge in [-0.25, -0.2) is 0 Å². The van der Waals surface area contributed by atoms with Crippen LogP contribution >= 0.6 is 22.9 Å². The molecule has 3 rings (SSSR count). The Labute approximate surface area is 144 Å². The summed E-state index contributed by atoms with van der Waals surface area (Å²) in [6.07, 6.45) is 3.48. The van der Waals surface area contributed by atoms with Crippen molar-refractivity contribution in [2.45, 2.75) is 32.6 Å². The van der Waals surface area contributed by atoms with Crippen molar-refractivity contribution in [1.29, 1.82) is 0 Å². The maximum atomic E-state index is 6.17. The summed E-state index contributed by atoms with van der Waals surface area (Å²) >= 11 is 7.79. The number of guanidine groups is 1. The molecule has 5 nitrogen and oxygen atoms in total. The molecule has 0 bridgehead atoms. The van der Waals surface area contributed by atoms with Crippen LogP contribution in [0.25, 0.3) is 0 Å². The first-order valence-corrected chi connectivity index (χ1v) is 8.51. The van der Waals surface area contributed by atoms with Crippen molar-refractivity contribution in [1.82, 2.24) is 4.98 Å². The molecule has 0 aliphatic heterocycles. The van der Waals surface area contributed by atoms with E-state index in [0.717, 1.165) is 39.7 Å². The summed E-state index contributed by atoms with van der Waals surface area (Å²) in [5.74, 6) is 0.250. The summed E-state index contributed by atoms with van der Waals surface area (Å²) < 4.78 is 0.809. The van der Waals surface area contributed by atoms with Gasteiger partial charge in [0.05, 0.1) is 15.7 Å². The molecule has 1 unspecified atom stereocenters. The summed E-state index contributed by atoms with van der Waals surface area (Å²) in [6, 6.07) is 3.99. The third-order valence-electron chi connectivity index (χ3n) is 3.99. The Balaban J connectivity index is 2.08. The van der Waals surface area contributed by atoms with E-state index in [1.54, 1.807) is 11.3 Å². The van der Waals surface area contributed by atoms with E-state index >= 15 is 0 Å². The second-order valence-electron chi connectivity index (χ2n) is 5.72. The highest BCUT2D eigenvalue weighted by Crippen LogP contribution is 2.40. The van der Waals surface area contributed by atoms with Crippen molar-refractivity contribution >= 4 is 34.6 Å². The van der Waals surface area contributed by atoms with E-state index in [1.807, 2.05) is 18.3 Å². The number of nitrogens with zero attached hydrogens (tertiary/aromatic N) is 3. The Morgan fingerprint density at radius 2 is 2.09 bits per heavy atom. The third-order valence-corrected chi connectivity index (χ3v) is 5.52. The largest absolute Gasteiger partial charge is 0.369 e. The molecule has 23 heavy (non-hydrogen) atoms. The summed E-state index contributed by atoms with van der Waals surface area (Å²) in [4.78, 5) is 5.83. The lowest BCUT2D eigenvalue weighted by Gasteiger charge is -2.25. The van der Waals surface area contributed by atoms with Crippen LogP contribution in [0.5, 0.6) is 0 Å². The number of hydrogen-bond acceptors (Lipinski definition) is 4. The predicted octanol–water partition coefficient (Wildman–Crippen LogP) is 3.12. The predicted molar refractivity (Wildman–Crippen MR) is 96.4 cm³/mol. The minimum absolute atomic E-state index is 0.0435. The zero-order valence-electron chi connectivity index (χ0n) is 13.0. The first-order valence-electron chi connectivity index (χ1n) is 7.32. The first kappa shape index (κ1) is 16.0. The highest BCUT2D eigenvalue weighted by atomic mass is 35.5. The fourth-order valence-corrected chi connectivity index (χ4v) is 4.47. The van der Waals surface area contributed by atoms with Gasteiger partial charge in [0.25, 0.3) is 0 Å². The Hall–Kier alpha value is -1.92. The molecule has 2 aromatic heterocycles. The van der Waals surface area contributed by atoms with E-state index in [4.69, 9.17) is 23.1 Å². The third kappa shape index (κ3) is 3.23. The molecule has 2 heterocycles. The van der Waals surface area contributed by atoms with Crippen LogP contribution in [0.1, 0.15) is 39.6 Å². The van der Waals surface area contributed by atoms with E-state index in [2.05, 4.69) is 29.0 Å². The number of hydrogen-bond donors (Lipinski definition) is 2. The molecule has 1 aliphatic rings. The molecule has 0 amide bonds. The second kappa shape index (κ2) is 6.29. The van der Waals surface area contributed by atoms with Crippen LogP contribution in [0.15, 0.2) is 28.5 Å². The smallest absolute Gasteiger partial charge is 0.211 e. The van der Waals surface area contributed by atoms with Crippen LogP contribution in [0.4, 0.5) is 0 Å². The lowest BCUT2D eigenvalue weighted by molar-refractivity contribution is 0.685. The molecular formula is C16H18ClN5S. The molecule has 2 aromatic rings. The van der Waals surface area contributed by atoms with Crippen LogP contribution in [0.3, 0.4) is 0 Å². The molecule has 1 aliphatic carbocycles. The Morgan fingerprint density at radius 3 is 2.74 bits per heavy atom. The standard InChI is InChI=1S/C16H18ClN5S/c1-8-3-4-20-11-6-10(15-9(2)5-13(17)23-15)7-12(14(8)11)21-22-16(18)19/h3-5,10H,6-7H2,1-2H3,(H4,18,19,22). The molecule has 0 saturated carbocycles.